The Balaban J connectivity index is 3.43. The molecule has 0 saturated heterocycles. The van der Waals surface area contributed by atoms with Gasteiger partial charge in [0.25, 0.3) is 6.02 Å². The molecule has 0 aliphatic rings. The van der Waals surface area contributed by atoms with Gasteiger partial charge < -0.3 is 15.8 Å². The van der Waals surface area contributed by atoms with Gasteiger partial charge in [-0.2, -0.15) is 0 Å². The van der Waals surface area contributed by atoms with Crippen molar-refractivity contribution >= 4 is 18.4 Å². The van der Waals surface area contributed by atoms with Gasteiger partial charge in [0.05, 0.1) is 0 Å². The summed E-state index contributed by atoms with van der Waals surface area (Å²) in [5.41, 5.74) is 4.69. The summed E-state index contributed by atoms with van der Waals surface area (Å²) in [6.45, 7) is -0.275. The second-order valence-electron chi connectivity index (χ2n) is 1.34. The van der Waals surface area contributed by atoms with Gasteiger partial charge in [0.15, 0.2) is 0 Å². The van der Waals surface area contributed by atoms with E-state index in [2.05, 4.69) is 10.5 Å². The maximum Gasteiger partial charge on any atom is 0.333 e. The quantitative estimate of drug-likeness (QED) is 0.188. The van der Waals surface area contributed by atoms with E-state index in [-0.39, 0.29) is 6.54 Å². The van der Waals surface area contributed by atoms with Gasteiger partial charge in [0, 0.05) is 0 Å². The lowest BCUT2D eigenvalue weighted by Crippen LogP contribution is -2.28. The Morgan fingerprint density at radius 2 is 2.40 bits per heavy atom. The molecule has 0 fully saturated rings. The number of rotatable bonds is 3. The lowest BCUT2D eigenvalue weighted by atomic mass is 10.7. The molecule has 0 heterocycles. The van der Waals surface area contributed by atoms with E-state index in [1.54, 1.807) is 0 Å². The largest absolute Gasteiger partial charge is 0.392 e. The van der Waals surface area contributed by atoms with Crippen molar-refractivity contribution in [1.29, 1.82) is 5.41 Å². The van der Waals surface area contributed by atoms with E-state index in [9.17, 15) is 9.59 Å². The first-order valence-electron chi connectivity index (χ1n) is 2.38. The molecule has 6 heteroatoms. The first-order chi connectivity index (χ1) is 4.66. The molecule has 0 aliphatic heterocycles. The summed E-state index contributed by atoms with van der Waals surface area (Å²) in [7, 11) is 0. The van der Waals surface area contributed by atoms with Gasteiger partial charge in [0.1, 0.15) is 6.54 Å². The Labute approximate surface area is 56.8 Å². The number of esters is 1. The average molecular weight is 145 g/mol. The molecule has 0 aromatic heterocycles. The summed E-state index contributed by atoms with van der Waals surface area (Å²) >= 11 is 0. The topological polar surface area (TPSA) is 105 Å². The number of hydrogen-bond donors (Lipinski definition) is 3. The van der Waals surface area contributed by atoms with Crippen LogP contribution in [0.15, 0.2) is 0 Å². The second kappa shape index (κ2) is 4.30. The van der Waals surface area contributed by atoms with Gasteiger partial charge in [-0.25, -0.2) is 4.79 Å². The minimum Gasteiger partial charge on any atom is -0.392 e. The zero-order valence-electron chi connectivity index (χ0n) is 5.09. The van der Waals surface area contributed by atoms with Gasteiger partial charge in [0.2, 0.25) is 6.41 Å². The Kier molecular flexibility index (Phi) is 3.62. The molecule has 0 aromatic carbocycles. The monoisotopic (exact) mass is 145 g/mol. The average Bonchev–Trinajstić information content (AvgIpc) is 1.82. The fourth-order valence-electron chi connectivity index (χ4n) is 0.284. The molecule has 0 saturated carbocycles. The highest BCUT2D eigenvalue weighted by Crippen LogP contribution is 1.71. The molecule has 0 atom stereocenters. The number of nitrogens with one attached hydrogen (secondary N) is 2. The fourth-order valence-corrected chi connectivity index (χ4v) is 0.284. The van der Waals surface area contributed by atoms with E-state index in [0.717, 1.165) is 0 Å². The van der Waals surface area contributed by atoms with Crippen molar-refractivity contribution in [3.05, 3.63) is 0 Å². The molecule has 56 valence electrons. The van der Waals surface area contributed by atoms with Crippen molar-refractivity contribution in [1.82, 2.24) is 5.32 Å². The number of carbonyl (C=O) groups is 2. The maximum atomic E-state index is 10.3. The molecule has 0 aromatic rings. The molecule has 10 heavy (non-hydrogen) atoms. The van der Waals surface area contributed by atoms with E-state index in [0.29, 0.717) is 6.41 Å². The van der Waals surface area contributed by atoms with Crippen LogP contribution in [0, 0.1) is 5.41 Å². The van der Waals surface area contributed by atoms with Gasteiger partial charge in [-0.1, -0.05) is 0 Å². The van der Waals surface area contributed by atoms with Crippen molar-refractivity contribution in [3.63, 3.8) is 0 Å². The van der Waals surface area contributed by atoms with Gasteiger partial charge in [-0.3, -0.25) is 10.2 Å². The maximum absolute atomic E-state index is 10.3. The van der Waals surface area contributed by atoms with Crippen molar-refractivity contribution in [2.24, 2.45) is 5.73 Å². The van der Waals surface area contributed by atoms with E-state index >= 15 is 0 Å². The van der Waals surface area contributed by atoms with Crippen LogP contribution in [0.25, 0.3) is 0 Å². The number of hydrogen-bond acceptors (Lipinski definition) is 4. The van der Waals surface area contributed by atoms with Crippen LogP contribution in [0.3, 0.4) is 0 Å². The molecule has 0 rings (SSSR count). The van der Waals surface area contributed by atoms with Crippen molar-refractivity contribution in [2.75, 3.05) is 6.54 Å². The summed E-state index contributed by atoms with van der Waals surface area (Å²) in [6.07, 6.45) is 0.349. The number of amidine groups is 1. The SMILES string of the molecule is N=C(N)OC(=O)CNC=O. The predicted molar refractivity (Wildman–Crippen MR) is 32.1 cm³/mol. The highest BCUT2D eigenvalue weighted by molar-refractivity contribution is 5.86. The van der Waals surface area contributed by atoms with Crippen LogP contribution in [0.5, 0.6) is 0 Å². The second-order valence-corrected chi connectivity index (χ2v) is 1.34. The van der Waals surface area contributed by atoms with Crippen LogP contribution in [0.2, 0.25) is 0 Å². The zero-order chi connectivity index (χ0) is 7.98. The van der Waals surface area contributed by atoms with E-state index in [4.69, 9.17) is 5.41 Å². The lowest BCUT2D eigenvalue weighted by molar-refractivity contribution is -0.135. The van der Waals surface area contributed by atoms with Crippen LogP contribution < -0.4 is 11.1 Å². The Morgan fingerprint density at radius 1 is 1.80 bits per heavy atom. The third kappa shape index (κ3) is 4.57. The molecule has 0 spiro atoms. The van der Waals surface area contributed by atoms with Crippen LogP contribution in [-0.4, -0.2) is 24.9 Å². The van der Waals surface area contributed by atoms with Crippen molar-refractivity contribution in [2.45, 2.75) is 0 Å². The van der Waals surface area contributed by atoms with E-state index in [1.165, 1.54) is 0 Å². The predicted octanol–water partition coefficient (Wildman–Crippen LogP) is -1.83. The smallest absolute Gasteiger partial charge is 0.333 e. The fraction of sp³-hybridized carbons (Fsp3) is 0.250. The normalized spacial score (nSPS) is 8.00. The molecule has 0 unspecified atom stereocenters. The van der Waals surface area contributed by atoms with Crippen LogP contribution in [-0.2, 0) is 14.3 Å². The first-order valence-corrected chi connectivity index (χ1v) is 2.38. The molecule has 1 amide bonds. The summed E-state index contributed by atoms with van der Waals surface area (Å²) in [5, 5.41) is 8.52. The third-order valence-electron chi connectivity index (χ3n) is 0.554. The summed E-state index contributed by atoms with van der Waals surface area (Å²) in [6, 6.07) is -0.683. The third-order valence-corrected chi connectivity index (χ3v) is 0.554. The van der Waals surface area contributed by atoms with Crippen LogP contribution in [0.1, 0.15) is 0 Å². The van der Waals surface area contributed by atoms with Crippen LogP contribution in [0.4, 0.5) is 0 Å². The Morgan fingerprint density at radius 3 is 2.80 bits per heavy atom. The molecule has 0 aliphatic carbocycles. The number of ether oxygens (including phenoxy) is 1. The highest BCUT2D eigenvalue weighted by Gasteiger charge is 2.01. The number of carbonyl (C=O) groups excluding carboxylic acids is 2. The highest BCUT2D eigenvalue weighted by atomic mass is 16.5. The van der Waals surface area contributed by atoms with Crippen molar-refractivity contribution in [3.8, 4) is 0 Å². The zero-order valence-corrected chi connectivity index (χ0v) is 5.09. The van der Waals surface area contributed by atoms with Crippen LogP contribution >= 0.6 is 0 Å². The molecule has 6 nitrogen and oxygen atoms in total. The standard InChI is InChI=1S/C4H7N3O3/c5-4(6)10-3(9)1-7-2-8/h2H,1H2,(H3,5,6)(H,7,8). The molecule has 4 N–H and O–H groups in total. The Bertz CT molecular complexity index is 156. The minimum absolute atomic E-state index is 0.275. The molecular formula is C4H7N3O3. The van der Waals surface area contributed by atoms with E-state index in [1.807, 2.05) is 5.32 Å². The molecule has 0 bridgehead atoms. The summed E-state index contributed by atoms with van der Waals surface area (Å²) in [4.78, 5) is 19.9. The summed E-state index contributed by atoms with van der Waals surface area (Å²) < 4.78 is 4.05. The Hall–Kier alpha value is -1.59. The molecular weight excluding hydrogens is 138 g/mol. The number of nitrogens with two attached hydrogens (primary N) is 1. The first kappa shape index (κ1) is 8.41. The number of amides is 1. The van der Waals surface area contributed by atoms with Gasteiger partial charge in [-0.05, 0) is 0 Å². The summed E-state index contributed by atoms with van der Waals surface area (Å²) in [5.74, 6) is -0.764. The van der Waals surface area contributed by atoms with Gasteiger partial charge >= 0.3 is 5.97 Å². The lowest BCUT2D eigenvalue weighted by Gasteiger charge is -1.98. The minimum atomic E-state index is -0.764. The molecule has 0 radical (unpaired) electrons. The van der Waals surface area contributed by atoms with Crippen molar-refractivity contribution < 1.29 is 14.3 Å². The van der Waals surface area contributed by atoms with Gasteiger partial charge in [-0.15, -0.1) is 0 Å². The van der Waals surface area contributed by atoms with E-state index < -0.39 is 12.0 Å².